The molecule has 0 atom stereocenters. The molecular formula is C25H21ClN8OS. The molecule has 0 aliphatic carbocycles. The molecule has 9 nitrogen and oxygen atoms in total. The Balaban J connectivity index is 1.35. The summed E-state index contributed by atoms with van der Waals surface area (Å²) in [5, 5.41) is 9.88. The number of carbonyl (C=O) groups excluding carboxylic acids is 1. The molecule has 1 fully saturated rings. The first-order chi connectivity index (χ1) is 17.6. The minimum absolute atomic E-state index is 0.103. The van der Waals surface area contributed by atoms with Crippen LogP contribution in [0.4, 0.5) is 5.82 Å². The molecule has 0 unspecified atom stereocenters. The monoisotopic (exact) mass is 516 g/mol. The second-order valence-corrected chi connectivity index (χ2v) is 9.85. The molecule has 1 aromatic carbocycles. The Bertz CT molecular complexity index is 1540. The highest BCUT2D eigenvalue weighted by Crippen LogP contribution is 2.38. The van der Waals surface area contributed by atoms with Crippen molar-refractivity contribution in [1.29, 1.82) is 0 Å². The first-order valence-corrected chi connectivity index (χ1v) is 12.6. The van der Waals surface area contributed by atoms with Gasteiger partial charge in [-0.05, 0) is 30.7 Å². The highest BCUT2D eigenvalue weighted by atomic mass is 35.5. The van der Waals surface area contributed by atoms with Gasteiger partial charge >= 0.3 is 0 Å². The number of H-pyrrole nitrogens is 1. The van der Waals surface area contributed by atoms with Gasteiger partial charge in [0.05, 0.1) is 16.6 Å². The molecule has 1 N–H and O–H groups in total. The summed E-state index contributed by atoms with van der Waals surface area (Å²) in [5.41, 5.74) is 3.75. The molecule has 1 amide bonds. The molecule has 1 saturated heterocycles. The van der Waals surface area contributed by atoms with Crippen LogP contribution in [0.5, 0.6) is 0 Å². The Morgan fingerprint density at radius 2 is 1.89 bits per heavy atom. The fourth-order valence-corrected chi connectivity index (χ4v) is 5.57. The summed E-state index contributed by atoms with van der Waals surface area (Å²) >= 11 is 7.74. The second-order valence-electron chi connectivity index (χ2n) is 8.45. The number of anilines is 1. The lowest BCUT2D eigenvalue weighted by atomic mass is 10.1. The summed E-state index contributed by atoms with van der Waals surface area (Å²) in [7, 11) is 0. The fraction of sp³-hybridized carbons (Fsp3) is 0.200. The number of halogens is 1. The number of hydrogen-bond donors (Lipinski definition) is 1. The van der Waals surface area contributed by atoms with E-state index in [1.165, 1.54) is 11.3 Å². The number of aryl methyl sites for hydroxylation is 1. The fourth-order valence-electron chi connectivity index (χ4n) is 4.36. The Morgan fingerprint density at radius 1 is 1.06 bits per heavy atom. The normalized spacial score (nSPS) is 13.9. The number of rotatable bonds is 4. The average molecular weight is 517 g/mol. The third-order valence-electron chi connectivity index (χ3n) is 6.33. The summed E-state index contributed by atoms with van der Waals surface area (Å²) in [5.74, 6) is 0.714. The predicted molar refractivity (Wildman–Crippen MR) is 140 cm³/mol. The lowest BCUT2D eigenvalue weighted by molar-refractivity contribution is 0.0742. The number of fused-ring (bicyclic) bond motifs is 1. The molecule has 5 aromatic rings. The number of hydrogen-bond acceptors (Lipinski definition) is 8. The zero-order valence-corrected chi connectivity index (χ0v) is 20.9. The van der Waals surface area contributed by atoms with Gasteiger partial charge in [-0.1, -0.05) is 17.7 Å². The van der Waals surface area contributed by atoms with Gasteiger partial charge in [-0.3, -0.25) is 19.9 Å². The SMILES string of the molecule is Cc1c(Cl)ccc2c(-c3nc(C(=O)N4CCN(c5cnccn5)CC4)c(-c4cccnc4)s3)n[nH]c12. The van der Waals surface area contributed by atoms with Crippen LogP contribution in [0, 0.1) is 6.92 Å². The minimum Gasteiger partial charge on any atom is -0.352 e. The van der Waals surface area contributed by atoms with Crippen molar-refractivity contribution in [2.75, 3.05) is 31.1 Å². The molecule has 0 saturated carbocycles. The van der Waals surface area contributed by atoms with Crippen molar-refractivity contribution in [2.24, 2.45) is 0 Å². The summed E-state index contributed by atoms with van der Waals surface area (Å²) < 4.78 is 0. The number of aromatic amines is 1. The van der Waals surface area contributed by atoms with Crippen LogP contribution in [0.2, 0.25) is 5.02 Å². The highest BCUT2D eigenvalue weighted by molar-refractivity contribution is 7.18. The van der Waals surface area contributed by atoms with Crippen molar-refractivity contribution < 1.29 is 4.79 Å². The number of amides is 1. The van der Waals surface area contributed by atoms with E-state index in [0.717, 1.165) is 32.7 Å². The second kappa shape index (κ2) is 9.29. The van der Waals surface area contributed by atoms with E-state index in [4.69, 9.17) is 16.6 Å². The van der Waals surface area contributed by atoms with Crippen LogP contribution in [0.1, 0.15) is 16.1 Å². The first kappa shape index (κ1) is 22.6. The Hall–Kier alpha value is -3.89. The molecule has 0 radical (unpaired) electrons. The van der Waals surface area contributed by atoms with Crippen molar-refractivity contribution >= 4 is 45.6 Å². The van der Waals surface area contributed by atoms with Crippen LogP contribution in [0.15, 0.2) is 55.2 Å². The van der Waals surface area contributed by atoms with Crippen LogP contribution in [0.3, 0.4) is 0 Å². The largest absolute Gasteiger partial charge is 0.352 e. The number of benzene rings is 1. The lowest BCUT2D eigenvalue weighted by Gasteiger charge is -2.35. The number of carbonyl (C=O) groups is 1. The molecule has 4 aromatic heterocycles. The standard InChI is InChI=1S/C25H21ClN8OS/c1-15-18(26)5-4-17-20(15)31-32-21(17)24-30-22(23(36-24)16-3-2-6-27-13-16)25(35)34-11-9-33(10-12-34)19-14-28-7-8-29-19/h2-8,13-14H,9-12H2,1H3,(H,31,32). The van der Waals surface area contributed by atoms with Crippen LogP contribution in [-0.2, 0) is 0 Å². The molecule has 1 aliphatic rings. The zero-order chi connectivity index (χ0) is 24.6. The molecule has 6 rings (SSSR count). The van der Waals surface area contributed by atoms with E-state index in [9.17, 15) is 4.79 Å². The van der Waals surface area contributed by atoms with Crippen molar-refractivity contribution in [1.82, 2.24) is 35.0 Å². The summed E-state index contributed by atoms with van der Waals surface area (Å²) in [4.78, 5) is 36.1. The van der Waals surface area contributed by atoms with Crippen molar-refractivity contribution in [3.05, 3.63) is 71.5 Å². The third kappa shape index (κ3) is 3.98. The molecule has 180 valence electrons. The summed E-state index contributed by atoms with van der Waals surface area (Å²) in [6.45, 7) is 4.43. The van der Waals surface area contributed by atoms with E-state index in [1.807, 2.05) is 36.1 Å². The number of nitrogens with zero attached hydrogens (tertiary/aromatic N) is 7. The quantitative estimate of drug-likeness (QED) is 0.376. The van der Waals surface area contributed by atoms with Crippen molar-refractivity contribution in [3.63, 3.8) is 0 Å². The van der Waals surface area contributed by atoms with Crippen LogP contribution >= 0.6 is 22.9 Å². The predicted octanol–water partition coefficient (Wildman–Crippen LogP) is 4.46. The number of nitrogens with one attached hydrogen (secondary N) is 1. The maximum absolute atomic E-state index is 13.7. The van der Waals surface area contributed by atoms with Gasteiger partial charge in [0.2, 0.25) is 0 Å². The molecule has 11 heteroatoms. The zero-order valence-electron chi connectivity index (χ0n) is 19.3. The molecule has 0 spiro atoms. The van der Waals surface area contributed by atoms with Gasteiger partial charge in [-0.2, -0.15) is 5.10 Å². The van der Waals surface area contributed by atoms with Crippen molar-refractivity contribution in [3.8, 4) is 21.1 Å². The Labute approximate surface area is 215 Å². The number of thiazole rings is 1. The Kier molecular flexibility index (Phi) is 5.82. The Morgan fingerprint density at radius 3 is 2.64 bits per heavy atom. The topological polar surface area (TPSA) is 104 Å². The highest BCUT2D eigenvalue weighted by Gasteiger charge is 2.29. The molecule has 0 bridgehead atoms. The van der Waals surface area contributed by atoms with Gasteiger partial charge in [0.15, 0.2) is 0 Å². The van der Waals surface area contributed by atoms with E-state index in [-0.39, 0.29) is 5.91 Å². The maximum atomic E-state index is 13.7. The van der Waals surface area contributed by atoms with Gasteiger partial charge in [-0.25, -0.2) is 9.97 Å². The third-order valence-corrected chi connectivity index (χ3v) is 7.85. The van der Waals surface area contributed by atoms with Gasteiger partial charge in [0.25, 0.3) is 5.91 Å². The number of aromatic nitrogens is 6. The minimum atomic E-state index is -0.103. The summed E-state index contributed by atoms with van der Waals surface area (Å²) in [6, 6.07) is 7.59. The van der Waals surface area contributed by atoms with Gasteiger partial charge in [-0.15, -0.1) is 11.3 Å². The van der Waals surface area contributed by atoms with Gasteiger partial charge < -0.3 is 9.80 Å². The smallest absolute Gasteiger partial charge is 0.274 e. The molecule has 1 aliphatic heterocycles. The van der Waals surface area contributed by atoms with E-state index in [1.54, 1.807) is 31.0 Å². The number of piperazine rings is 1. The first-order valence-electron chi connectivity index (χ1n) is 11.4. The van der Waals surface area contributed by atoms with Crippen LogP contribution in [-0.4, -0.2) is 67.1 Å². The van der Waals surface area contributed by atoms with Crippen LogP contribution < -0.4 is 4.90 Å². The molecular weight excluding hydrogens is 496 g/mol. The van der Waals surface area contributed by atoms with Crippen LogP contribution in [0.25, 0.3) is 32.0 Å². The lowest BCUT2D eigenvalue weighted by Crippen LogP contribution is -2.49. The van der Waals surface area contributed by atoms with E-state index < -0.39 is 0 Å². The maximum Gasteiger partial charge on any atom is 0.274 e. The average Bonchev–Trinajstić information content (AvgIpc) is 3.57. The number of pyridine rings is 1. The van der Waals surface area contributed by atoms with Crippen molar-refractivity contribution in [2.45, 2.75) is 6.92 Å². The summed E-state index contributed by atoms with van der Waals surface area (Å²) in [6.07, 6.45) is 8.55. The van der Waals surface area contributed by atoms with E-state index in [2.05, 4.69) is 30.0 Å². The van der Waals surface area contributed by atoms with Gasteiger partial charge in [0.1, 0.15) is 22.2 Å². The molecule has 36 heavy (non-hydrogen) atoms. The van der Waals surface area contributed by atoms with E-state index in [0.29, 0.717) is 47.6 Å². The van der Waals surface area contributed by atoms with Gasteiger partial charge in [0, 0.05) is 66.9 Å². The van der Waals surface area contributed by atoms with E-state index >= 15 is 0 Å². The molecule has 5 heterocycles.